The topological polar surface area (TPSA) is 66.5 Å². The minimum absolute atomic E-state index is 0.830. The smallest absolute Gasteiger partial charge is 0.148 e. The summed E-state index contributed by atoms with van der Waals surface area (Å²) in [6, 6.07) is 3.93. The van der Waals surface area contributed by atoms with Crippen LogP contribution in [0.1, 0.15) is 17.7 Å². The van der Waals surface area contributed by atoms with Gasteiger partial charge in [-0.25, -0.2) is 0 Å². The lowest BCUT2D eigenvalue weighted by Crippen LogP contribution is -2.05. The second kappa shape index (κ2) is 6.39. The molecule has 0 aliphatic rings. The average Bonchev–Trinajstić information content (AvgIpc) is 2.81. The Kier molecular flexibility index (Phi) is 4.58. The third-order valence-corrected chi connectivity index (χ3v) is 3.35. The Morgan fingerprint density at radius 1 is 1.33 bits per heavy atom. The highest BCUT2D eigenvalue weighted by molar-refractivity contribution is 7.98. The zero-order valence-corrected chi connectivity index (χ0v) is 11.4. The number of hydrogen-bond donors (Lipinski definition) is 2. The maximum absolute atomic E-state index is 4.10. The molecule has 2 heterocycles. The fraction of sp³-hybridized carbons (Fsp3) is 0.417. The second-order valence-corrected chi connectivity index (χ2v) is 4.84. The predicted molar refractivity (Wildman–Crippen MR) is 73.9 cm³/mol. The molecule has 0 aromatic carbocycles. The molecule has 5 nitrogen and oxygen atoms in total. The van der Waals surface area contributed by atoms with Crippen molar-refractivity contribution in [1.82, 2.24) is 20.4 Å². The van der Waals surface area contributed by atoms with Crippen LogP contribution < -0.4 is 5.32 Å². The van der Waals surface area contributed by atoms with Crippen LogP contribution in [-0.2, 0) is 6.42 Å². The van der Waals surface area contributed by atoms with Gasteiger partial charge in [0.05, 0.1) is 6.20 Å². The Morgan fingerprint density at radius 3 is 2.83 bits per heavy atom. The van der Waals surface area contributed by atoms with Crippen LogP contribution in [0.3, 0.4) is 0 Å². The van der Waals surface area contributed by atoms with E-state index in [0.717, 1.165) is 35.9 Å². The number of H-pyrrole nitrogens is 1. The van der Waals surface area contributed by atoms with E-state index in [1.807, 2.05) is 31.5 Å². The van der Waals surface area contributed by atoms with Gasteiger partial charge < -0.3 is 5.32 Å². The molecule has 96 valence electrons. The molecule has 0 spiro atoms. The van der Waals surface area contributed by atoms with Crippen molar-refractivity contribution in [1.29, 1.82) is 0 Å². The normalized spacial score (nSPS) is 10.6. The van der Waals surface area contributed by atoms with Crippen molar-refractivity contribution in [3.8, 4) is 0 Å². The predicted octanol–water partition coefficient (Wildman–Crippen LogP) is 2.27. The van der Waals surface area contributed by atoms with E-state index < -0.39 is 0 Å². The molecule has 0 saturated carbocycles. The minimum atomic E-state index is 0.830. The summed E-state index contributed by atoms with van der Waals surface area (Å²) in [5.74, 6) is 0.830. The standard InChI is InChI=1S/C12H17N5S/c1-9-10(8-14-15-9)4-3-7-13-11-5-6-12(18-2)17-16-11/h5-6,8H,3-4,7H2,1-2H3,(H,13,16)(H,14,15). The van der Waals surface area contributed by atoms with Crippen molar-refractivity contribution < 1.29 is 0 Å². The summed E-state index contributed by atoms with van der Waals surface area (Å²) in [4.78, 5) is 0. The number of aromatic amines is 1. The lowest BCUT2D eigenvalue weighted by molar-refractivity contribution is 0.841. The fourth-order valence-electron chi connectivity index (χ4n) is 1.65. The molecule has 0 atom stereocenters. The van der Waals surface area contributed by atoms with Crippen LogP contribution in [0.25, 0.3) is 0 Å². The van der Waals surface area contributed by atoms with Gasteiger partial charge in [-0.2, -0.15) is 5.10 Å². The van der Waals surface area contributed by atoms with E-state index >= 15 is 0 Å². The summed E-state index contributed by atoms with van der Waals surface area (Å²) >= 11 is 1.59. The maximum Gasteiger partial charge on any atom is 0.148 e. The Hall–Kier alpha value is -1.56. The van der Waals surface area contributed by atoms with Crippen LogP contribution >= 0.6 is 11.8 Å². The van der Waals surface area contributed by atoms with E-state index in [-0.39, 0.29) is 0 Å². The van der Waals surface area contributed by atoms with Crippen LogP contribution in [-0.4, -0.2) is 33.2 Å². The molecular weight excluding hydrogens is 246 g/mol. The monoisotopic (exact) mass is 263 g/mol. The molecule has 0 radical (unpaired) electrons. The van der Waals surface area contributed by atoms with Gasteiger partial charge in [-0.05, 0) is 43.7 Å². The van der Waals surface area contributed by atoms with Crippen LogP contribution in [0, 0.1) is 6.92 Å². The van der Waals surface area contributed by atoms with Crippen LogP contribution in [0.4, 0.5) is 5.82 Å². The maximum atomic E-state index is 4.10. The number of anilines is 1. The van der Waals surface area contributed by atoms with Crippen molar-refractivity contribution in [3.05, 3.63) is 29.6 Å². The Morgan fingerprint density at radius 2 is 2.22 bits per heavy atom. The minimum Gasteiger partial charge on any atom is -0.369 e. The summed E-state index contributed by atoms with van der Waals surface area (Å²) in [5.41, 5.74) is 2.43. The zero-order chi connectivity index (χ0) is 12.8. The van der Waals surface area contributed by atoms with Gasteiger partial charge in [-0.3, -0.25) is 5.10 Å². The first-order chi connectivity index (χ1) is 8.79. The highest BCUT2D eigenvalue weighted by Gasteiger charge is 2.00. The Labute approximate surface area is 111 Å². The first kappa shape index (κ1) is 12.9. The van der Waals surface area contributed by atoms with Crippen molar-refractivity contribution in [2.24, 2.45) is 0 Å². The second-order valence-electron chi connectivity index (χ2n) is 4.01. The van der Waals surface area contributed by atoms with Crippen LogP contribution in [0.15, 0.2) is 23.4 Å². The molecule has 0 aliphatic carbocycles. The van der Waals surface area contributed by atoms with E-state index in [4.69, 9.17) is 0 Å². The third-order valence-electron chi connectivity index (χ3n) is 2.71. The molecule has 0 unspecified atom stereocenters. The summed E-state index contributed by atoms with van der Waals surface area (Å²) in [6.07, 6.45) is 5.95. The zero-order valence-electron chi connectivity index (χ0n) is 10.6. The molecule has 2 N–H and O–H groups in total. The van der Waals surface area contributed by atoms with Gasteiger partial charge in [0, 0.05) is 12.2 Å². The number of nitrogens with zero attached hydrogens (tertiary/aromatic N) is 3. The summed E-state index contributed by atoms with van der Waals surface area (Å²) in [7, 11) is 0. The molecule has 2 rings (SSSR count). The van der Waals surface area contributed by atoms with Gasteiger partial charge in [0.25, 0.3) is 0 Å². The van der Waals surface area contributed by atoms with Crippen molar-refractivity contribution in [3.63, 3.8) is 0 Å². The molecule has 0 saturated heterocycles. The number of thioether (sulfide) groups is 1. The van der Waals surface area contributed by atoms with E-state index in [9.17, 15) is 0 Å². The molecule has 2 aromatic rings. The Balaban J connectivity index is 1.73. The average molecular weight is 263 g/mol. The molecular formula is C12H17N5S. The lowest BCUT2D eigenvalue weighted by Gasteiger charge is -2.04. The quantitative estimate of drug-likeness (QED) is 0.618. The Bertz CT molecular complexity index is 479. The summed E-state index contributed by atoms with van der Waals surface area (Å²) < 4.78 is 0. The molecule has 0 fully saturated rings. The molecule has 0 amide bonds. The number of aromatic nitrogens is 4. The van der Waals surface area contributed by atoms with Gasteiger partial charge in [-0.15, -0.1) is 22.0 Å². The van der Waals surface area contributed by atoms with Gasteiger partial charge in [0.15, 0.2) is 0 Å². The first-order valence-corrected chi connectivity index (χ1v) is 7.12. The van der Waals surface area contributed by atoms with Crippen LogP contribution in [0.5, 0.6) is 0 Å². The highest BCUT2D eigenvalue weighted by Crippen LogP contribution is 2.11. The number of rotatable bonds is 6. The van der Waals surface area contributed by atoms with Crippen LogP contribution in [0.2, 0.25) is 0 Å². The molecule has 0 bridgehead atoms. The fourth-order valence-corrected chi connectivity index (χ4v) is 1.97. The van der Waals surface area contributed by atoms with Gasteiger partial charge in [0.2, 0.25) is 0 Å². The summed E-state index contributed by atoms with van der Waals surface area (Å²) in [6.45, 7) is 2.93. The molecule has 6 heteroatoms. The number of nitrogens with one attached hydrogen (secondary N) is 2. The largest absolute Gasteiger partial charge is 0.369 e. The highest BCUT2D eigenvalue weighted by atomic mass is 32.2. The van der Waals surface area contributed by atoms with Crippen molar-refractivity contribution in [2.45, 2.75) is 24.8 Å². The van der Waals surface area contributed by atoms with E-state index in [1.54, 1.807) is 11.8 Å². The molecule has 18 heavy (non-hydrogen) atoms. The molecule has 2 aromatic heterocycles. The van der Waals surface area contributed by atoms with Crippen molar-refractivity contribution >= 4 is 17.6 Å². The van der Waals surface area contributed by atoms with E-state index in [0.29, 0.717) is 0 Å². The number of aryl methyl sites for hydroxylation is 2. The van der Waals surface area contributed by atoms with Crippen molar-refractivity contribution in [2.75, 3.05) is 18.1 Å². The SMILES string of the molecule is CSc1ccc(NCCCc2cn[nH]c2C)nn1. The third kappa shape index (κ3) is 3.46. The van der Waals surface area contributed by atoms with Gasteiger partial charge in [0.1, 0.15) is 10.8 Å². The van der Waals surface area contributed by atoms with E-state index in [2.05, 4.69) is 25.7 Å². The first-order valence-electron chi connectivity index (χ1n) is 5.90. The van der Waals surface area contributed by atoms with Gasteiger partial charge >= 0.3 is 0 Å². The number of hydrogen-bond acceptors (Lipinski definition) is 5. The molecule has 0 aliphatic heterocycles. The summed E-state index contributed by atoms with van der Waals surface area (Å²) in [5, 5.41) is 19.3. The lowest BCUT2D eigenvalue weighted by atomic mass is 10.1. The van der Waals surface area contributed by atoms with Gasteiger partial charge in [-0.1, -0.05) is 0 Å². The van der Waals surface area contributed by atoms with E-state index in [1.165, 1.54) is 5.56 Å².